The van der Waals surface area contributed by atoms with Crippen LogP contribution in [0.25, 0.3) is 0 Å². The van der Waals surface area contributed by atoms with Crippen molar-refractivity contribution in [1.29, 1.82) is 5.26 Å². The van der Waals surface area contributed by atoms with E-state index in [9.17, 15) is 0 Å². The van der Waals surface area contributed by atoms with E-state index in [-0.39, 0.29) is 6.04 Å². The first-order chi connectivity index (χ1) is 6.79. The van der Waals surface area contributed by atoms with Gasteiger partial charge >= 0.3 is 0 Å². The molecule has 1 fully saturated rings. The summed E-state index contributed by atoms with van der Waals surface area (Å²) in [5.74, 6) is 0.689. The van der Waals surface area contributed by atoms with E-state index in [0.29, 0.717) is 12.4 Å². The highest BCUT2D eigenvalue weighted by molar-refractivity contribution is 4.97. The van der Waals surface area contributed by atoms with Crippen LogP contribution in [0.5, 0.6) is 0 Å². The molecule has 6 heteroatoms. The number of nitriles is 1. The van der Waals surface area contributed by atoms with Crippen LogP contribution in [0, 0.1) is 11.3 Å². The molecule has 1 aromatic rings. The SMILES string of the molecule is Cn1nnc(CN2CCCC2C#N)n1. The predicted molar refractivity (Wildman–Crippen MR) is 47.8 cm³/mol. The first-order valence-electron chi connectivity index (χ1n) is 4.66. The maximum absolute atomic E-state index is 8.87. The summed E-state index contributed by atoms with van der Waals surface area (Å²) in [7, 11) is 1.74. The Kier molecular flexibility index (Phi) is 2.41. The van der Waals surface area contributed by atoms with Crippen molar-refractivity contribution in [1.82, 2.24) is 25.1 Å². The van der Waals surface area contributed by atoms with Gasteiger partial charge in [-0.3, -0.25) is 4.90 Å². The van der Waals surface area contributed by atoms with Gasteiger partial charge in [0.05, 0.1) is 25.7 Å². The predicted octanol–water partition coefficient (Wildman–Crippen LogP) is -0.302. The van der Waals surface area contributed by atoms with Crippen LogP contribution < -0.4 is 0 Å². The molecule has 1 aliphatic heterocycles. The number of rotatable bonds is 2. The molecule has 0 radical (unpaired) electrons. The molecule has 1 atom stereocenters. The van der Waals surface area contributed by atoms with Gasteiger partial charge in [0.1, 0.15) is 0 Å². The zero-order valence-corrected chi connectivity index (χ0v) is 8.09. The van der Waals surface area contributed by atoms with Gasteiger partial charge in [0.25, 0.3) is 0 Å². The largest absolute Gasteiger partial charge is 0.280 e. The van der Waals surface area contributed by atoms with Crippen molar-refractivity contribution in [2.24, 2.45) is 7.05 Å². The molecule has 0 aliphatic carbocycles. The topological polar surface area (TPSA) is 70.6 Å². The summed E-state index contributed by atoms with van der Waals surface area (Å²) in [4.78, 5) is 3.53. The smallest absolute Gasteiger partial charge is 0.188 e. The number of aryl methyl sites for hydroxylation is 1. The van der Waals surface area contributed by atoms with E-state index in [2.05, 4.69) is 26.4 Å². The minimum absolute atomic E-state index is 0.0267. The van der Waals surface area contributed by atoms with Crippen LogP contribution in [-0.4, -0.2) is 37.7 Å². The summed E-state index contributed by atoms with van der Waals surface area (Å²) < 4.78 is 0. The average molecular weight is 192 g/mol. The Morgan fingerprint density at radius 3 is 3.14 bits per heavy atom. The second-order valence-corrected chi connectivity index (χ2v) is 3.45. The van der Waals surface area contributed by atoms with E-state index in [4.69, 9.17) is 5.26 Å². The van der Waals surface area contributed by atoms with Crippen molar-refractivity contribution in [3.63, 3.8) is 0 Å². The zero-order valence-electron chi connectivity index (χ0n) is 8.09. The lowest BCUT2D eigenvalue weighted by Crippen LogP contribution is -2.28. The van der Waals surface area contributed by atoms with Crippen LogP contribution in [0.2, 0.25) is 0 Å². The molecule has 2 heterocycles. The first-order valence-corrected chi connectivity index (χ1v) is 4.66. The third kappa shape index (κ3) is 1.72. The number of hydrogen-bond donors (Lipinski definition) is 0. The summed E-state index contributed by atoms with van der Waals surface area (Å²) >= 11 is 0. The Morgan fingerprint density at radius 1 is 1.64 bits per heavy atom. The number of tetrazole rings is 1. The standard InChI is InChI=1S/C8H12N6/c1-13-11-8(10-12-13)6-14-4-2-3-7(14)5-9/h7H,2-4,6H2,1H3. The highest BCUT2D eigenvalue weighted by Gasteiger charge is 2.25. The molecule has 1 aliphatic rings. The second-order valence-electron chi connectivity index (χ2n) is 3.45. The minimum Gasteiger partial charge on any atom is -0.280 e. The number of aromatic nitrogens is 4. The monoisotopic (exact) mass is 192 g/mol. The van der Waals surface area contributed by atoms with Gasteiger partial charge in [0.2, 0.25) is 0 Å². The van der Waals surface area contributed by atoms with Crippen LogP contribution in [0.15, 0.2) is 0 Å². The van der Waals surface area contributed by atoms with Gasteiger partial charge in [0.15, 0.2) is 5.82 Å². The molecule has 6 nitrogen and oxygen atoms in total. The van der Waals surface area contributed by atoms with Crippen molar-refractivity contribution in [2.75, 3.05) is 6.54 Å². The lowest BCUT2D eigenvalue weighted by molar-refractivity contribution is 0.279. The number of nitrogens with zero attached hydrogens (tertiary/aromatic N) is 6. The van der Waals surface area contributed by atoms with Crippen molar-refractivity contribution < 1.29 is 0 Å². The molecule has 2 rings (SSSR count). The Balaban J connectivity index is 2.01. The maximum atomic E-state index is 8.87. The maximum Gasteiger partial charge on any atom is 0.188 e. The van der Waals surface area contributed by atoms with Crippen LogP contribution >= 0.6 is 0 Å². The fourth-order valence-corrected chi connectivity index (χ4v) is 1.73. The van der Waals surface area contributed by atoms with Gasteiger partial charge in [-0.25, -0.2) is 0 Å². The van der Waals surface area contributed by atoms with Gasteiger partial charge in [0, 0.05) is 0 Å². The lowest BCUT2D eigenvalue weighted by atomic mass is 10.2. The van der Waals surface area contributed by atoms with Crippen molar-refractivity contribution in [2.45, 2.75) is 25.4 Å². The number of likely N-dealkylation sites (tertiary alicyclic amines) is 1. The summed E-state index contributed by atoms with van der Waals surface area (Å²) in [6.45, 7) is 1.59. The van der Waals surface area contributed by atoms with Crippen LogP contribution in [-0.2, 0) is 13.6 Å². The van der Waals surface area contributed by atoms with E-state index in [1.807, 2.05) is 0 Å². The van der Waals surface area contributed by atoms with Gasteiger partial charge in [-0.1, -0.05) is 0 Å². The first kappa shape index (κ1) is 9.09. The quantitative estimate of drug-likeness (QED) is 0.643. The highest BCUT2D eigenvalue weighted by Crippen LogP contribution is 2.17. The Labute approximate surface area is 82.1 Å². The molecule has 1 saturated heterocycles. The van der Waals surface area contributed by atoms with Gasteiger partial charge in [-0.05, 0) is 24.6 Å². The van der Waals surface area contributed by atoms with Crippen molar-refractivity contribution in [3.05, 3.63) is 5.82 Å². The van der Waals surface area contributed by atoms with Crippen LogP contribution in [0.4, 0.5) is 0 Å². The molecule has 0 saturated carbocycles. The Bertz CT molecular complexity index is 351. The Hall–Kier alpha value is -1.48. The van der Waals surface area contributed by atoms with E-state index < -0.39 is 0 Å². The third-order valence-electron chi connectivity index (χ3n) is 2.41. The summed E-state index contributed by atoms with van der Waals surface area (Å²) in [5, 5.41) is 20.6. The molecule has 0 spiro atoms. The van der Waals surface area contributed by atoms with E-state index in [1.165, 1.54) is 4.80 Å². The van der Waals surface area contributed by atoms with E-state index >= 15 is 0 Å². The van der Waals surface area contributed by atoms with E-state index in [0.717, 1.165) is 19.4 Å². The molecule has 0 N–H and O–H groups in total. The average Bonchev–Trinajstić information content (AvgIpc) is 2.76. The summed E-state index contributed by atoms with van der Waals surface area (Å²) in [6.07, 6.45) is 2.04. The second kappa shape index (κ2) is 3.72. The lowest BCUT2D eigenvalue weighted by Gasteiger charge is -2.15. The fraction of sp³-hybridized carbons (Fsp3) is 0.750. The molecular formula is C8H12N6. The molecule has 0 amide bonds. The normalized spacial score (nSPS) is 22.4. The molecule has 1 unspecified atom stereocenters. The molecule has 14 heavy (non-hydrogen) atoms. The molecule has 0 bridgehead atoms. The minimum atomic E-state index is 0.0267. The van der Waals surface area contributed by atoms with Crippen LogP contribution in [0.3, 0.4) is 0 Å². The third-order valence-corrected chi connectivity index (χ3v) is 2.41. The molecule has 0 aromatic carbocycles. The summed E-state index contributed by atoms with van der Waals surface area (Å²) in [6, 6.07) is 2.31. The fourth-order valence-electron chi connectivity index (χ4n) is 1.73. The van der Waals surface area contributed by atoms with Crippen molar-refractivity contribution in [3.8, 4) is 6.07 Å². The highest BCUT2D eigenvalue weighted by atomic mass is 15.6. The van der Waals surface area contributed by atoms with Gasteiger partial charge in [-0.15, -0.1) is 10.2 Å². The summed E-state index contributed by atoms with van der Waals surface area (Å²) in [5.41, 5.74) is 0. The Morgan fingerprint density at radius 2 is 2.50 bits per heavy atom. The van der Waals surface area contributed by atoms with Gasteiger partial charge in [-0.2, -0.15) is 10.1 Å². The molecule has 1 aromatic heterocycles. The molecule has 74 valence electrons. The number of hydrogen-bond acceptors (Lipinski definition) is 5. The van der Waals surface area contributed by atoms with E-state index in [1.54, 1.807) is 7.05 Å². The molecular weight excluding hydrogens is 180 g/mol. The van der Waals surface area contributed by atoms with Crippen molar-refractivity contribution >= 4 is 0 Å². The van der Waals surface area contributed by atoms with Crippen LogP contribution in [0.1, 0.15) is 18.7 Å². The van der Waals surface area contributed by atoms with Gasteiger partial charge < -0.3 is 0 Å². The zero-order chi connectivity index (χ0) is 9.97.